The van der Waals surface area contributed by atoms with Crippen LogP contribution in [-0.2, 0) is 196 Å². The monoisotopic (exact) mass is 2040 g/mol. The molecule has 0 atom stereocenters. The molecule has 9 N–H and O–H groups in total. The number of ketones is 9. The fourth-order valence-corrected chi connectivity index (χ4v) is 2.56. The van der Waals surface area contributed by atoms with Gasteiger partial charge < -0.3 is 46.0 Å². The summed E-state index contributed by atoms with van der Waals surface area (Å²) in [6.07, 6.45) is -45.8. The van der Waals surface area contributed by atoms with Crippen LogP contribution >= 0.6 is 0 Å². The summed E-state index contributed by atoms with van der Waals surface area (Å²) >= 11 is 0. The van der Waals surface area contributed by atoms with Gasteiger partial charge in [0.1, 0.15) is 0 Å². The van der Waals surface area contributed by atoms with Crippen LogP contribution in [0, 0.1) is 0 Å². The van der Waals surface area contributed by atoms with E-state index in [2.05, 4.69) is 0 Å². The Morgan fingerprint density at radius 2 is 0.278 bits per heavy atom. The Hall–Kier alpha value is -4.36. The summed E-state index contributed by atoms with van der Waals surface area (Å²) in [6.45, 7) is 11.5. The first kappa shape index (κ1) is 186. The number of aliphatic hydroxyl groups excluding tert-OH is 9. The van der Waals surface area contributed by atoms with E-state index < -0.39 is 143 Å². The molecule has 0 aliphatic carbocycles. The summed E-state index contributed by atoms with van der Waals surface area (Å²) in [5, 5.41) is 73.6. The van der Waals surface area contributed by atoms with Crippen LogP contribution in [0.15, 0.2) is 107 Å². The molecule has 0 bridgehead atoms. The molecule has 0 amide bonds. The molecule has 0 unspecified atom stereocenters. The number of allylic oxidation sites excluding steroid dienone is 18. The second-order valence-corrected chi connectivity index (χ2v) is 14.8. The average molecular weight is 2040 g/mol. The number of alkyl halides is 27. The largest absolute Gasteiger partial charge is 0.512 e. The van der Waals surface area contributed by atoms with Gasteiger partial charge in [-0.2, -0.15) is 119 Å². The molecule has 0 saturated heterocycles. The Morgan fingerprint density at radius 1 is 0.194 bits per heavy atom. The topological polar surface area (TPSA) is 336 Å². The minimum Gasteiger partial charge on any atom is -0.512 e. The molecule has 0 aromatic heterocycles. The summed E-state index contributed by atoms with van der Waals surface area (Å²) in [4.78, 5) is 89.4. The molecule has 54 heteroatoms. The van der Waals surface area contributed by atoms with Crippen molar-refractivity contribution in [3.05, 3.63) is 107 Å². The Balaban J connectivity index is -0.0000000270. The maximum absolute atomic E-state index is 11.4. The molecular weight excluding hydrogens is 1960 g/mol. The number of halogens is 27. The quantitative estimate of drug-likeness (QED) is 0.0448. The number of hydrogen-bond donors (Lipinski definition) is 9. The van der Waals surface area contributed by atoms with Crippen LogP contribution in [0.4, 0.5) is 119 Å². The summed E-state index contributed by atoms with van der Waals surface area (Å²) < 4.78 is 306. The van der Waals surface area contributed by atoms with E-state index in [0.717, 1.165) is 20.8 Å². The minimum atomic E-state index is -5.42. The molecule has 18 nitrogen and oxygen atoms in total. The van der Waals surface area contributed by atoms with Crippen molar-refractivity contribution in [2.45, 2.75) is 185 Å². The van der Waals surface area contributed by atoms with E-state index in [-0.39, 0.29) is 272 Å². The molecule has 6 radical (unpaired) electrons. The molecule has 0 fully saturated rings. The molecule has 0 aromatic carbocycles. The van der Waals surface area contributed by atoms with Crippen LogP contribution in [0.25, 0.3) is 0 Å². The predicted molar refractivity (Wildman–Crippen MR) is 308 cm³/mol. The number of carbonyl (C=O) groups is 9. The van der Waals surface area contributed by atoms with Crippen molar-refractivity contribution in [2.24, 2.45) is 0 Å². The standard InChI is InChI=1S/3C5H2F6O2.3C5H5F3O2.3C5H8O2.9CH4.3Co.3Fe.3Mn/c3*6-4(7,8)2(12)1-3(13)5(9,10)11;3*1-3(9)2-4(10)5(6,7)8;3*1-4(6)3-5(2)7;;;;;;;;;;;;;;;;;;/h3*1,12H;3*2,9H,1H3;3*3,6H,1-2H3;9*1H4;;;;;;;;;/b3*2-1-;3*3-2-;3*4-3-;;;;;;;;;;;;;;;;;;. The van der Waals surface area contributed by atoms with Gasteiger partial charge >= 0.3 is 55.6 Å². The SMILES string of the molecule is C.C.C.C.C.C.C.C.C.C/C(O)=C/C(=O)C(F)(F)F.C/C(O)=C/C(=O)C(F)(F)F.C/C(O)=C/C(=O)C(F)(F)F.CC(=O)/C=C(/C)O.CC(=O)/C=C(/C)O.CC(=O)/C=C(/C)O.O=C(/C=C(\O)C(F)(F)F)C(F)(F)F.O=C(/C=C(\O)C(F)(F)F)C(F)(F)F.O=C(/C=C(\O)C(F)(F)F)C(F)(F)F.[Co].[Co].[Co].[Fe].[Fe].[Fe].[Mn].[Mn].[Mn]. The van der Waals surface area contributed by atoms with Gasteiger partial charge in [0.25, 0.3) is 34.7 Å². The molecule has 0 heterocycles. The van der Waals surface area contributed by atoms with Crippen molar-refractivity contribution in [3.63, 3.8) is 0 Å². The summed E-state index contributed by atoms with van der Waals surface area (Å²) in [5.41, 5.74) is 0. The van der Waals surface area contributed by atoms with Gasteiger partial charge in [-0.3, -0.25) is 43.2 Å². The van der Waals surface area contributed by atoms with Gasteiger partial charge in [-0.25, -0.2) is 0 Å². The average Bonchev–Trinajstić information content (AvgIpc) is 3.23. The normalized spacial score (nSPS) is 11.2. The second-order valence-electron chi connectivity index (χ2n) is 14.8. The van der Waals surface area contributed by atoms with E-state index in [0.29, 0.717) is 0 Å². The molecular formula is C54H81Co3F27Fe3Mn3O18. The zero-order chi connectivity index (χ0) is 75.3. The van der Waals surface area contributed by atoms with Crippen molar-refractivity contribution in [3.8, 4) is 0 Å². The van der Waals surface area contributed by atoms with Crippen LogP contribution in [0.5, 0.6) is 0 Å². The minimum absolute atomic E-state index is 0. The smallest absolute Gasteiger partial charge is 0.454 e. The molecule has 0 aliphatic heterocycles. The summed E-state index contributed by atoms with van der Waals surface area (Å²) in [7, 11) is 0. The number of hydrogen-bond acceptors (Lipinski definition) is 18. The van der Waals surface area contributed by atoms with Crippen LogP contribution in [0.1, 0.15) is 129 Å². The van der Waals surface area contributed by atoms with Crippen molar-refractivity contribution in [1.82, 2.24) is 0 Å². The van der Waals surface area contributed by atoms with Crippen LogP contribution in [0.2, 0.25) is 0 Å². The number of carbonyl (C=O) groups excluding carboxylic acids is 9. The van der Waals surface area contributed by atoms with Crippen molar-refractivity contribution < 1.29 is 360 Å². The number of aliphatic hydroxyl groups is 9. The zero-order valence-corrected chi connectivity index (χ0v) is 58.8. The third-order valence-electron chi connectivity index (χ3n) is 5.61. The number of rotatable bonds is 9. The van der Waals surface area contributed by atoms with Crippen LogP contribution in [0.3, 0.4) is 0 Å². The van der Waals surface area contributed by atoms with Crippen LogP contribution < -0.4 is 0 Å². The van der Waals surface area contributed by atoms with E-state index in [1.54, 1.807) is 0 Å². The first-order valence-corrected chi connectivity index (χ1v) is 20.9. The predicted octanol–water partition coefficient (Wildman–Crippen LogP) is 19.9. The molecule has 108 heavy (non-hydrogen) atoms. The maximum atomic E-state index is 11.4. The Kier molecular flexibility index (Phi) is 144. The molecule has 0 saturated carbocycles. The molecule has 0 aromatic rings. The molecule has 0 rings (SSSR count). The molecule has 666 valence electrons. The van der Waals surface area contributed by atoms with Gasteiger partial charge in [-0.1, -0.05) is 66.8 Å². The maximum Gasteiger partial charge on any atom is 0.454 e. The fourth-order valence-electron chi connectivity index (χ4n) is 2.56. The van der Waals surface area contributed by atoms with Crippen molar-refractivity contribution >= 4 is 52.0 Å². The van der Waals surface area contributed by atoms with Gasteiger partial charge in [0.05, 0.1) is 34.6 Å². The first-order valence-electron chi connectivity index (χ1n) is 20.9. The van der Waals surface area contributed by atoms with Crippen molar-refractivity contribution in [1.29, 1.82) is 0 Å². The Morgan fingerprint density at radius 3 is 0.315 bits per heavy atom. The van der Waals surface area contributed by atoms with E-state index >= 15 is 0 Å². The van der Waals surface area contributed by atoms with E-state index in [4.69, 9.17) is 46.0 Å². The second kappa shape index (κ2) is 83.6. The van der Waals surface area contributed by atoms with E-state index in [9.17, 15) is 162 Å². The fraction of sp³-hybridized carbons (Fsp3) is 0.500. The summed E-state index contributed by atoms with van der Waals surface area (Å²) in [6, 6.07) is 0. The zero-order valence-electron chi connectivity index (χ0n) is 48.8. The van der Waals surface area contributed by atoms with Gasteiger partial charge in [-0.05, 0) is 62.3 Å². The van der Waals surface area contributed by atoms with E-state index in [1.165, 1.54) is 59.8 Å². The van der Waals surface area contributed by atoms with E-state index in [1.807, 2.05) is 0 Å². The van der Waals surface area contributed by atoms with Gasteiger partial charge in [-0.15, -0.1) is 0 Å². The van der Waals surface area contributed by atoms with Crippen LogP contribution in [-0.4, -0.2) is 154 Å². The van der Waals surface area contributed by atoms with Gasteiger partial charge in [0.2, 0.25) is 17.3 Å². The third kappa shape index (κ3) is 140. The summed E-state index contributed by atoms with van der Waals surface area (Å²) in [5.74, 6) is -24.3. The first-order chi connectivity index (χ1) is 39.0. The molecule has 0 aliphatic rings. The molecule has 0 spiro atoms. The third-order valence-corrected chi connectivity index (χ3v) is 5.61. The van der Waals surface area contributed by atoms with Gasteiger partial charge in [0.15, 0.2) is 17.3 Å². The van der Waals surface area contributed by atoms with Crippen molar-refractivity contribution in [2.75, 3.05) is 0 Å². The Labute approximate surface area is 699 Å². The van der Waals surface area contributed by atoms with Gasteiger partial charge in [0, 0.05) is 207 Å². The Bertz CT molecular complexity index is 2410.